The highest BCUT2D eigenvalue weighted by Gasteiger charge is 2.35. The van der Waals surface area contributed by atoms with E-state index in [-0.39, 0.29) is 5.41 Å². The average Bonchev–Trinajstić information content (AvgIpc) is 3.57. The highest BCUT2D eigenvalue weighted by atomic mass is 32.1. The molecule has 0 amide bonds. The van der Waals surface area contributed by atoms with Crippen LogP contribution in [0, 0.1) is 6.92 Å². The van der Waals surface area contributed by atoms with E-state index in [4.69, 9.17) is 0 Å². The molecule has 0 atom stereocenters. The van der Waals surface area contributed by atoms with E-state index in [2.05, 4.69) is 171 Å². The van der Waals surface area contributed by atoms with Gasteiger partial charge in [-0.05, 0) is 93.5 Å². The largest absolute Gasteiger partial charge is 0.310 e. The van der Waals surface area contributed by atoms with E-state index in [0.29, 0.717) is 0 Å². The fourth-order valence-corrected chi connectivity index (χ4v) is 8.92. The van der Waals surface area contributed by atoms with Crippen LogP contribution in [0.15, 0.2) is 146 Å². The smallest absolute Gasteiger partial charge is 0.0540 e. The third-order valence-electron chi connectivity index (χ3n) is 9.91. The Kier molecular flexibility index (Phi) is 6.00. The molecule has 46 heavy (non-hydrogen) atoms. The van der Waals surface area contributed by atoms with Gasteiger partial charge in [0, 0.05) is 42.5 Å². The highest BCUT2D eigenvalue weighted by Crippen LogP contribution is 2.52. The molecule has 0 bridgehead atoms. The first-order valence-corrected chi connectivity index (χ1v) is 16.8. The zero-order valence-electron chi connectivity index (χ0n) is 26.2. The van der Waals surface area contributed by atoms with Crippen LogP contribution in [0.4, 0.5) is 17.1 Å². The van der Waals surface area contributed by atoms with Gasteiger partial charge >= 0.3 is 0 Å². The molecule has 0 radical (unpaired) electrons. The summed E-state index contributed by atoms with van der Waals surface area (Å²) in [6, 6.07) is 53.9. The summed E-state index contributed by atoms with van der Waals surface area (Å²) >= 11 is 1.89. The van der Waals surface area contributed by atoms with Crippen molar-refractivity contribution >= 4 is 59.3 Å². The molecule has 0 saturated carbocycles. The molecule has 1 nitrogen and oxygen atoms in total. The minimum absolute atomic E-state index is 0.0799. The molecule has 1 aromatic heterocycles. The van der Waals surface area contributed by atoms with E-state index in [9.17, 15) is 0 Å². The van der Waals surface area contributed by atoms with Crippen LogP contribution in [0.3, 0.4) is 0 Å². The maximum absolute atomic E-state index is 2.45. The zero-order valence-corrected chi connectivity index (χ0v) is 27.0. The molecular formula is C44H33NS. The minimum Gasteiger partial charge on any atom is -0.310 e. The lowest BCUT2D eigenvalue weighted by Gasteiger charge is -2.30. The Hall–Kier alpha value is -5.18. The first-order valence-electron chi connectivity index (χ1n) is 16.0. The molecule has 0 aliphatic heterocycles. The van der Waals surface area contributed by atoms with Crippen molar-refractivity contribution in [1.82, 2.24) is 0 Å². The van der Waals surface area contributed by atoms with Gasteiger partial charge in [0.15, 0.2) is 0 Å². The van der Waals surface area contributed by atoms with Crippen molar-refractivity contribution < 1.29 is 0 Å². The molecule has 1 aliphatic carbocycles. The van der Waals surface area contributed by atoms with Gasteiger partial charge in [0.2, 0.25) is 0 Å². The summed E-state index contributed by atoms with van der Waals surface area (Å²) in [4.78, 5) is 2.45. The van der Waals surface area contributed by atoms with Crippen LogP contribution < -0.4 is 4.90 Å². The van der Waals surface area contributed by atoms with Crippen molar-refractivity contribution in [2.45, 2.75) is 26.2 Å². The average molecular weight is 608 g/mol. The fraction of sp³-hybridized carbons (Fsp3) is 0.0909. The molecule has 0 unspecified atom stereocenters. The monoisotopic (exact) mass is 607 g/mol. The van der Waals surface area contributed by atoms with Gasteiger partial charge in [-0.15, -0.1) is 11.3 Å². The van der Waals surface area contributed by atoms with Crippen molar-refractivity contribution in [3.63, 3.8) is 0 Å². The van der Waals surface area contributed by atoms with Crippen molar-refractivity contribution in [2.24, 2.45) is 0 Å². The van der Waals surface area contributed by atoms with Crippen LogP contribution in [-0.2, 0) is 5.41 Å². The van der Waals surface area contributed by atoms with Crippen LogP contribution in [0.25, 0.3) is 53.2 Å². The standard InChI is InChI=1S/C44H33NS/c1-28-20-23-36-41(26-28)46-40-25-21-29-12-11-17-35(42(29)43(36)40)34-16-8-10-19-39(34)45(30-13-5-4-6-14-30)31-22-24-33-32-15-7-9-18-37(32)44(2,3)38(33)27-31/h4-27H,1-3H3. The molecule has 8 aromatic rings. The SMILES string of the molecule is Cc1ccc2c(c1)sc1ccc3cccc(-c4ccccc4N(c4ccccc4)c4ccc5c(c4)C(C)(C)c4ccccc4-5)c3c12. The number of aryl methyl sites for hydroxylation is 1. The summed E-state index contributed by atoms with van der Waals surface area (Å²) < 4.78 is 2.68. The summed E-state index contributed by atoms with van der Waals surface area (Å²) in [5.74, 6) is 0. The molecule has 1 heterocycles. The molecule has 2 heteroatoms. The number of rotatable bonds is 4. The predicted octanol–water partition coefficient (Wildman–Crippen LogP) is 13.0. The predicted molar refractivity (Wildman–Crippen MR) is 199 cm³/mol. The summed E-state index contributed by atoms with van der Waals surface area (Å²) in [5.41, 5.74) is 12.6. The second kappa shape index (κ2) is 10.2. The third-order valence-corrected chi connectivity index (χ3v) is 11.0. The molecule has 0 N–H and O–H groups in total. The Morgan fingerprint density at radius 3 is 2.11 bits per heavy atom. The molecule has 1 aliphatic rings. The van der Waals surface area contributed by atoms with Gasteiger partial charge in [-0.1, -0.05) is 117 Å². The number of anilines is 3. The zero-order chi connectivity index (χ0) is 31.0. The van der Waals surface area contributed by atoms with Crippen LogP contribution in [0.2, 0.25) is 0 Å². The molecule has 0 fully saturated rings. The van der Waals surface area contributed by atoms with Crippen LogP contribution in [-0.4, -0.2) is 0 Å². The Morgan fingerprint density at radius 1 is 0.500 bits per heavy atom. The van der Waals surface area contributed by atoms with Crippen LogP contribution in [0.1, 0.15) is 30.5 Å². The van der Waals surface area contributed by atoms with E-state index < -0.39 is 0 Å². The number of thiophene rings is 1. The van der Waals surface area contributed by atoms with E-state index in [1.165, 1.54) is 81.3 Å². The van der Waals surface area contributed by atoms with Gasteiger partial charge in [-0.2, -0.15) is 0 Å². The van der Waals surface area contributed by atoms with Gasteiger partial charge < -0.3 is 4.90 Å². The number of hydrogen-bond donors (Lipinski definition) is 0. The first-order chi connectivity index (χ1) is 22.5. The lowest BCUT2D eigenvalue weighted by Crippen LogP contribution is -2.16. The number of para-hydroxylation sites is 2. The van der Waals surface area contributed by atoms with Crippen molar-refractivity contribution in [3.05, 3.63) is 162 Å². The van der Waals surface area contributed by atoms with Crippen molar-refractivity contribution in [3.8, 4) is 22.3 Å². The maximum atomic E-state index is 2.45. The normalized spacial score (nSPS) is 13.3. The second-order valence-corrected chi connectivity index (χ2v) is 14.1. The molecule has 9 rings (SSSR count). The Morgan fingerprint density at radius 2 is 1.24 bits per heavy atom. The number of benzene rings is 7. The topological polar surface area (TPSA) is 3.24 Å². The molecular weight excluding hydrogens is 575 g/mol. The Labute approximate surface area is 274 Å². The number of hydrogen-bond acceptors (Lipinski definition) is 2. The summed E-state index contributed by atoms with van der Waals surface area (Å²) in [7, 11) is 0. The lowest BCUT2D eigenvalue weighted by molar-refractivity contribution is 0.660. The first kappa shape index (κ1) is 27.2. The lowest BCUT2D eigenvalue weighted by atomic mass is 9.82. The van der Waals surface area contributed by atoms with E-state index in [0.717, 1.165) is 5.69 Å². The van der Waals surface area contributed by atoms with Crippen molar-refractivity contribution in [1.29, 1.82) is 0 Å². The molecule has 0 saturated heterocycles. The van der Waals surface area contributed by atoms with Crippen LogP contribution in [0.5, 0.6) is 0 Å². The van der Waals surface area contributed by atoms with Gasteiger partial charge in [-0.25, -0.2) is 0 Å². The van der Waals surface area contributed by atoms with Gasteiger partial charge in [0.05, 0.1) is 5.69 Å². The molecule has 7 aromatic carbocycles. The summed E-state index contributed by atoms with van der Waals surface area (Å²) in [5, 5.41) is 5.28. The van der Waals surface area contributed by atoms with Crippen molar-refractivity contribution in [2.75, 3.05) is 4.90 Å². The Balaban J connectivity index is 1.31. The number of fused-ring (bicyclic) bond motifs is 8. The van der Waals surface area contributed by atoms with Gasteiger partial charge in [-0.3, -0.25) is 0 Å². The fourth-order valence-electron chi connectivity index (χ4n) is 7.71. The highest BCUT2D eigenvalue weighted by molar-refractivity contribution is 7.26. The summed E-state index contributed by atoms with van der Waals surface area (Å²) in [6.45, 7) is 6.90. The van der Waals surface area contributed by atoms with E-state index >= 15 is 0 Å². The Bertz CT molecular complexity index is 2470. The van der Waals surface area contributed by atoms with Gasteiger partial charge in [0.25, 0.3) is 0 Å². The minimum atomic E-state index is -0.0799. The number of nitrogens with zero attached hydrogens (tertiary/aromatic N) is 1. The van der Waals surface area contributed by atoms with E-state index in [1.54, 1.807) is 0 Å². The summed E-state index contributed by atoms with van der Waals surface area (Å²) in [6.07, 6.45) is 0. The molecule has 0 spiro atoms. The van der Waals surface area contributed by atoms with Crippen LogP contribution >= 0.6 is 11.3 Å². The second-order valence-electron chi connectivity index (χ2n) is 13.0. The van der Waals surface area contributed by atoms with Gasteiger partial charge in [0.1, 0.15) is 0 Å². The molecule has 220 valence electrons. The third kappa shape index (κ3) is 4.00. The maximum Gasteiger partial charge on any atom is 0.0540 e. The van der Waals surface area contributed by atoms with E-state index in [1.807, 2.05) is 11.3 Å². The quantitative estimate of drug-likeness (QED) is 0.192.